The molecule has 0 aliphatic heterocycles. The van der Waals surface area contributed by atoms with Crippen LogP contribution >= 0.6 is 22.7 Å². The number of hydrogen-bond donors (Lipinski definition) is 0. The van der Waals surface area contributed by atoms with Gasteiger partial charge in [-0.3, -0.25) is 9.58 Å². The van der Waals surface area contributed by atoms with Crippen molar-refractivity contribution in [3.63, 3.8) is 0 Å². The van der Waals surface area contributed by atoms with Gasteiger partial charge in [0.25, 0.3) is 0 Å². The van der Waals surface area contributed by atoms with Gasteiger partial charge >= 0.3 is 0 Å². The molecule has 0 N–H and O–H groups in total. The van der Waals surface area contributed by atoms with E-state index in [0.29, 0.717) is 0 Å². The van der Waals surface area contributed by atoms with Crippen molar-refractivity contribution in [2.75, 3.05) is 7.05 Å². The van der Waals surface area contributed by atoms with Crippen molar-refractivity contribution >= 4 is 22.7 Å². The van der Waals surface area contributed by atoms with Crippen LogP contribution in [0.2, 0.25) is 0 Å². The molecule has 0 fully saturated rings. The molecule has 0 saturated carbocycles. The van der Waals surface area contributed by atoms with Crippen molar-refractivity contribution in [1.29, 1.82) is 0 Å². The molecule has 0 spiro atoms. The quantitative estimate of drug-likeness (QED) is 0.725. The van der Waals surface area contributed by atoms with Gasteiger partial charge in [0.2, 0.25) is 0 Å². The van der Waals surface area contributed by atoms with Crippen molar-refractivity contribution in [3.05, 3.63) is 45.9 Å². The summed E-state index contributed by atoms with van der Waals surface area (Å²) in [5, 5.41) is 11.7. The van der Waals surface area contributed by atoms with Crippen LogP contribution in [0.1, 0.15) is 11.3 Å². The van der Waals surface area contributed by atoms with E-state index in [4.69, 9.17) is 4.98 Å². The molecule has 6 heteroatoms. The summed E-state index contributed by atoms with van der Waals surface area (Å²) in [6, 6.07) is 2.12. The second kappa shape index (κ2) is 5.87. The molecule has 0 atom stereocenters. The van der Waals surface area contributed by atoms with Gasteiger partial charge in [-0.15, -0.1) is 11.3 Å². The third kappa shape index (κ3) is 3.15. The number of rotatable bonds is 5. The Balaban J connectivity index is 1.63. The normalized spacial score (nSPS) is 11.3. The van der Waals surface area contributed by atoms with Crippen molar-refractivity contribution in [2.45, 2.75) is 13.1 Å². The van der Waals surface area contributed by atoms with Crippen LogP contribution in [0.25, 0.3) is 10.6 Å². The van der Waals surface area contributed by atoms with Crippen LogP contribution in [0, 0.1) is 0 Å². The molecule has 0 saturated heterocycles. The lowest BCUT2D eigenvalue weighted by Gasteiger charge is -2.13. The van der Waals surface area contributed by atoms with Crippen LogP contribution in [0.3, 0.4) is 0 Å². The molecule has 0 bridgehead atoms. The maximum Gasteiger partial charge on any atom is 0.124 e. The number of hydrogen-bond acceptors (Lipinski definition) is 5. The van der Waals surface area contributed by atoms with Crippen LogP contribution in [0.15, 0.2) is 34.6 Å². The monoisotopic (exact) mass is 304 g/mol. The highest BCUT2D eigenvalue weighted by atomic mass is 32.1. The van der Waals surface area contributed by atoms with Gasteiger partial charge in [-0.25, -0.2) is 4.98 Å². The average molecular weight is 304 g/mol. The number of thiophene rings is 1. The second-order valence-electron chi connectivity index (χ2n) is 4.85. The van der Waals surface area contributed by atoms with Crippen LogP contribution < -0.4 is 0 Å². The zero-order valence-electron chi connectivity index (χ0n) is 11.5. The fourth-order valence-corrected chi connectivity index (χ4v) is 3.62. The largest absolute Gasteiger partial charge is 0.296 e. The van der Waals surface area contributed by atoms with E-state index in [9.17, 15) is 0 Å². The number of aromatic nitrogens is 3. The van der Waals surface area contributed by atoms with E-state index < -0.39 is 0 Å². The molecular formula is C14H16N4S2. The number of aryl methyl sites for hydroxylation is 1. The molecule has 104 valence electrons. The first-order chi connectivity index (χ1) is 9.70. The summed E-state index contributed by atoms with van der Waals surface area (Å²) in [7, 11) is 4.05. The van der Waals surface area contributed by atoms with Gasteiger partial charge in [0.1, 0.15) is 5.01 Å². The minimum absolute atomic E-state index is 0.857. The van der Waals surface area contributed by atoms with Gasteiger partial charge in [-0.05, 0) is 18.5 Å². The minimum Gasteiger partial charge on any atom is -0.296 e. The van der Waals surface area contributed by atoms with Gasteiger partial charge in [-0.1, -0.05) is 0 Å². The molecular weight excluding hydrogens is 288 g/mol. The van der Waals surface area contributed by atoms with E-state index in [-0.39, 0.29) is 0 Å². The SMILES string of the molecule is CN(Cc1cnn(C)c1)Cc1csc(-c2ccsc2)n1. The molecule has 3 rings (SSSR count). The molecule has 0 radical (unpaired) electrons. The summed E-state index contributed by atoms with van der Waals surface area (Å²) >= 11 is 3.42. The Hall–Kier alpha value is -1.50. The predicted molar refractivity (Wildman–Crippen MR) is 83.8 cm³/mol. The van der Waals surface area contributed by atoms with Crippen LogP contribution in [-0.4, -0.2) is 26.7 Å². The highest BCUT2D eigenvalue weighted by molar-refractivity contribution is 7.14. The molecule has 3 heterocycles. The highest BCUT2D eigenvalue weighted by Crippen LogP contribution is 2.26. The Labute approximate surface area is 126 Å². The summed E-state index contributed by atoms with van der Waals surface area (Å²) in [6.45, 7) is 1.74. The van der Waals surface area contributed by atoms with Crippen LogP contribution in [0.5, 0.6) is 0 Å². The van der Waals surface area contributed by atoms with E-state index >= 15 is 0 Å². The molecule has 4 nitrogen and oxygen atoms in total. The topological polar surface area (TPSA) is 34.0 Å². The first kappa shape index (κ1) is 13.5. The smallest absolute Gasteiger partial charge is 0.124 e. The van der Waals surface area contributed by atoms with Crippen molar-refractivity contribution < 1.29 is 0 Å². The standard InChI is InChI=1S/C14H16N4S2/c1-17(6-11-5-15-18(2)7-11)8-13-10-20-14(16-13)12-3-4-19-9-12/h3-5,7,9-10H,6,8H2,1-2H3. The third-order valence-electron chi connectivity index (χ3n) is 2.96. The maximum atomic E-state index is 4.70. The fraction of sp³-hybridized carbons (Fsp3) is 0.286. The van der Waals surface area contributed by atoms with Crippen LogP contribution in [-0.2, 0) is 20.1 Å². The predicted octanol–water partition coefficient (Wildman–Crippen LogP) is 3.24. The molecule has 0 aromatic carbocycles. The number of thiazole rings is 1. The second-order valence-corrected chi connectivity index (χ2v) is 6.49. The molecule has 20 heavy (non-hydrogen) atoms. The summed E-state index contributed by atoms with van der Waals surface area (Å²) in [4.78, 5) is 6.96. The Morgan fingerprint density at radius 3 is 2.90 bits per heavy atom. The van der Waals surface area contributed by atoms with Gasteiger partial charge in [0, 0.05) is 48.2 Å². The molecule has 3 aromatic rings. The van der Waals surface area contributed by atoms with E-state index in [1.807, 2.05) is 24.1 Å². The van der Waals surface area contributed by atoms with E-state index in [2.05, 4.69) is 39.3 Å². The number of nitrogens with zero attached hydrogens (tertiary/aromatic N) is 4. The lowest BCUT2D eigenvalue weighted by atomic mass is 10.3. The summed E-state index contributed by atoms with van der Waals surface area (Å²) in [6.07, 6.45) is 3.96. The lowest BCUT2D eigenvalue weighted by Crippen LogP contribution is -2.17. The Morgan fingerprint density at radius 2 is 2.20 bits per heavy atom. The summed E-state index contributed by atoms with van der Waals surface area (Å²) < 4.78 is 1.83. The van der Waals surface area contributed by atoms with Crippen molar-refractivity contribution in [3.8, 4) is 10.6 Å². The molecule has 0 aliphatic carbocycles. The Morgan fingerprint density at radius 1 is 1.30 bits per heavy atom. The van der Waals surface area contributed by atoms with E-state index in [0.717, 1.165) is 23.8 Å². The van der Waals surface area contributed by atoms with Gasteiger partial charge in [0.15, 0.2) is 0 Å². The first-order valence-electron chi connectivity index (χ1n) is 6.34. The summed E-state index contributed by atoms with van der Waals surface area (Å²) in [5.41, 5.74) is 3.58. The van der Waals surface area contributed by atoms with Crippen molar-refractivity contribution in [2.24, 2.45) is 7.05 Å². The highest BCUT2D eigenvalue weighted by Gasteiger charge is 2.08. The first-order valence-corrected chi connectivity index (χ1v) is 8.16. The van der Waals surface area contributed by atoms with E-state index in [1.54, 1.807) is 22.7 Å². The summed E-state index contributed by atoms with van der Waals surface area (Å²) in [5.74, 6) is 0. The minimum atomic E-state index is 0.857. The maximum absolute atomic E-state index is 4.70. The third-order valence-corrected chi connectivity index (χ3v) is 4.59. The van der Waals surface area contributed by atoms with Crippen LogP contribution in [0.4, 0.5) is 0 Å². The van der Waals surface area contributed by atoms with Gasteiger partial charge in [-0.2, -0.15) is 16.4 Å². The molecule has 3 aromatic heterocycles. The van der Waals surface area contributed by atoms with Gasteiger partial charge in [0.05, 0.1) is 11.9 Å². The lowest BCUT2D eigenvalue weighted by molar-refractivity contribution is 0.316. The molecule has 0 unspecified atom stereocenters. The van der Waals surface area contributed by atoms with E-state index in [1.165, 1.54) is 11.1 Å². The zero-order chi connectivity index (χ0) is 13.9. The average Bonchev–Trinajstić information content (AvgIpc) is 3.10. The Bertz CT molecular complexity index is 669. The zero-order valence-corrected chi connectivity index (χ0v) is 13.1. The Kier molecular flexibility index (Phi) is 3.95. The fourth-order valence-electron chi connectivity index (χ4n) is 2.10. The van der Waals surface area contributed by atoms with Crippen molar-refractivity contribution in [1.82, 2.24) is 19.7 Å². The molecule has 0 amide bonds. The molecule has 0 aliphatic rings. The van der Waals surface area contributed by atoms with Gasteiger partial charge < -0.3 is 0 Å².